The highest BCUT2D eigenvalue weighted by atomic mass is 15.3. The summed E-state index contributed by atoms with van der Waals surface area (Å²) in [6.07, 6.45) is 7.18. The van der Waals surface area contributed by atoms with Crippen LogP contribution >= 0.6 is 0 Å². The Kier molecular flexibility index (Phi) is 3.33. The molecule has 0 aromatic rings. The molecule has 1 N–H and O–H groups in total. The lowest BCUT2D eigenvalue weighted by molar-refractivity contribution is -0.0326. The smallest absolute Gasteiger partial charge is 0.0256 e. The first kappa shape index (κ1) is 12.6. The molecule has 0 aromatic heterocycles. The summed E-state index contributed by atoms with van der Waals surface area (Å²) in [6.45, 7) is 9.04. The van der Waals surface area contributed by atoms with Gasteiger partial charge in [0.25, 0.3) is 0 Å². The summed E-state index contributed by atoms with van der Waals surface area (Å²) < 4.78 is 0. The Morgan fingerprint density at radius 2 is 1.79 bits per heavy atom. The number of piperidine rings is 3. The van der Waals surface area contributed by atoms with Gasteiger partial charge in [-0.15, -0.1) is 0 Å². The molecular formula is C16H29N3. The van der Waals surface area contributed by atoms with Crippen LogP contribution in [0.4, 0.5) is 0 Å². The maximum absolute atomic E-state index is 3.84. The molecule has 5 fully saturated rings. The van der Waals surface area contributed by atoms with Crippen LogP contribution in [0.25, 0.3) is 0 Å². The van der Waals surface area contributed by atoms with Crippen molar-refractivity contribution in [3.05, 3.63) is 0 Å². The van der Waals surface area contributed by atoms with Crippen molar-refractivity contribution in [3.63, 3.8) is 0 Å². The van der Waals surface area contributed by atoms with Crippen LogP contribution in [0.15, 0.2) is 0 Å². The highest BCUT2D eigenvalue weighted by molar-refractivity contribution is 5.00. The van der Waals surface area contributed by atoms with Gasteiger partial charge in [0.1, 0.15) is 0 Å². The normalized spacial score (nSPS) is 47.5. The van der Waals surface area contributed by atoms with E-state index in [-0.39, 0.29) is 0 Å². The fourth-order valence-electron chi connectivity index (χ4n) is 4.75. The van der Waals surface area contributed by atoms with Crippen molar-refractivity contribution >= 4 is 0 Å². The van der Waals surface area contributed by atoms with E-state index < -0.39 is 0 Å². The quantitative estimate of drug-likeness (QED) is 0.833. The monoisotopic (exact) mass is 263 g/mol. The highest BCUT2D eigenvalue weighted by Gasteiger charge is 2.43. The molecule has 0 aromatic carbocycles. The minimum absolute atomic E-state index is 0.792. The first-order valence-corrected chi connectivity index (χ1v) is 8.56. The second-order valence-corrected chi connectivity index (χ2v) is 7.32. The number of nitrogens with zero attached hydrogens (tertiary/aromatic N) is 2. The summed E-state index contributed by atoms with van der Waals surface area (Å²) in [5.74, 6) is 2.00. The molecule has 5 rings (SSSR count). The average Bonchev–Trinajstić information content (AvgIpc) is 3.32. The van der Waals surface area contributed by atoms with Gasteiger partial charge in [0.15, 0.2) is 0 Å². The van der Waals surface area contributed by atoms with Gasteiger partial charge in [-0.2, -0.15) is 0 Å². The van der Waals surface area contributed by atoms with Crippen molar-refractivity contribution < 1.29 is 0 Å². The van der Waals surface area contributed by atoms with Crippen molar-refractivity contribution in [2.24, 2.45) is 11.8 Å². The molecule has 2 bridgehead atoms. The topological polar surface area (TPSA) is 18.5 Å². The molecule has 5 aliphatic rings. The van der Waals surface area contributed by atoms with Crippen molar-refractivity contribution in [2.45, 2.75) is 57.2 Å². The van der Waals surface area contributed by atoms with Crippen LogP contribution in [0.1, 0.15) is 39.0 Å². The molecule has 1 saturated carbocycles. The van der Waals surface area contributed by atoms with Gasteiger partial charge in [0, 0.05) is 37.8 Å². The molecule has 4 saturated heterocycles. The molecule has 3 unspecified atom stereocenters. The van der Waals surface area contributed by atoms with Gasteiger partial charge in [-0.1, -0.05) is 6.92 Å². The van der Waals surface area contributed by atoms with Crippen molar-refractivity contribution in [1.82, 2.24) is 15.1 Å². The molecule has 0 spiro atoms. The van der Waals surface area contributed by atoms with Gasteiger partial charge in [-0.3, -0.25) is 4.90 Å². The first-order valence-electron chi connectivity index (χ1n) is 8.56. The van der Waals surface area contributed by atoms with Crippen molar-refractivity contribution in [3.8, 4) is 0 Å². The summed E-state index contributed by atoms with van der Waals surface area (Å²) >= 11 is 0. The Morgan fingerprint density at radius 1 is 1.00 bits per heavy atom. The lowest BCUT2D eigenvalue weighted by atomic mass is 9.81. The fraction of sp³-hybridized carbons (Fsp3) is 1.00. The molecule has 0 radical (unpaired) electrons. The Morgan fingerprint density at radius 3 is 2.37 bits per heavy atom. The molecular weight excluding hydrogens is 234 g/mol. The third kappa shape index (κ3) is 2.34. The molecule has 3 atom stereocenters. The number of hydrogen-bond donors (Lipinski definition) is 1. The van der Waals surface area contributed by atoms with E-state index in [1.165, 1.54) is 64.8 Å². The molecule has 3 nitrogen and oxygen atoms in total. The van der Waals surface area contributed by atoms with Gasteiger partial charge in [-0.25, -0.2) is 0 Å². The van der Waals surface area contributed by atoms with E-state index in [0.29, 0.717) is 0 Å². The van der Waals surface area contributed by atoms with E-state index >= 15 is 0 Å². The molecule has 4 heterocycles. The summed E-state index contributed by atoms with van der Waals surface area (Å²) in [7, 11) is 0. The van der Waals surface area contributed by atoms with Crippen molar-refractivity contribution in [1.29, 1.82) is 0 Å². The van der Waals surface area contributed by atoms with Gasteiger partial charge in [0.05, 0.1) is 0 Å². The summed E-state index contributed by atoms with van der Waals surface area (Å²) in [6, 6.07) is 2.47. The Labute approximate surface area is 117 Å². The maximum atomic E-state index is 3.84. The number of piperazine rings is 1. The van der Waals surface area contributed by atoms with E-state index in [4.69, 9.17) is 0 Å². The summed E-state index contributed by atoms with van der Waals surface area (Å²) in [5, 5.41) is 3.84. The van der Waals surface area contributed by atoms with Crippen molar-refractivity contribution in [2.75, 3.05) is 32.7 Å². The van der Waals surface area contributed by atoms with E-state index in [9.17, 15) is 0 Å². The lowest BCUT2D eigenvalue weighted by Crippen LogP contribution is -2.66. The second kappa shape index (κ2) is 5.01. The zero-order chi connectivity index (χ0) is 12.8. The summed E-state index contributed by atoms with van der Waals surface area (Å²) in [4.78, 5) is 5.64. The molecule has 0 amide bonds. The van der Waals surface area contributed by atoms with Crippen LogP contribution in [0.5, 0.6) is 0 Å². The highest BCUT2D eigenvalue weighted by Crippen LogP contribution is 2.37. The lowest BCUT2D eigenvalue weighted by Gasteiger charge is -2.53. The fourth-order valence-corrected chi connectivity index (χ4v) is 4.75. The van der Waals surface area contributed by atoms with Gasteiger partial charge in [0.2, 0.25) is 0 Å². The minimum atomic E-state index is 0.792. The number of nitrogens with one attached hydrogen (secondary N) is 1. The summed E-state index contributed by atoms with van der Waals surface area (Å²) in [5.41, 5.74) is 0. The van der Waals surface area contributed by atoms with Crippen LogP contribution in [0.2, 0.25) is 0 Å². The number of hydrogen-bond acceptors (Lipinski definition) is 3. The van der Waals surface area contributed by atoms with Crippen LogP contribution in [0, 0.1) is 11.8 Å². The number of fused-ring (bicyclic) bond motifs is 3. The van der Waals surface area contributed by atoms with Crippen LogP contribution in [-0.4, -0.2) is 60.6 Å². The van der Waals surface area contributed by atoms with Gasteiger partial charge < -0.3 is 10.2 Å². The Bertz CT molecular complexity index is 320. The first-order chi connectivity index (χ1) is 9.35. The SMILES string of the molecule is CCC1CNC(C2CC2)CN1C1CN2CCC1CC2. The predicted octanol–water partition coefficient (Wildman–Crippen LogP) is 1.54. The third-order valence-corrected chi connectivity index (χ3v) is 6.20. The maximum Gasteiger partial charge on any atom is 0.0256 e. The Hall–Kier alpha value is -0.120. The second-order valence-electron chi connectivity index (χ2n) is 7.32. The predicted molar refractivity (Wildman–Crippen MR) is 78.3 cm³/mol. The van der Waals surface area contributed by atoms with Gasteiger partial charge >= 0.3 is 0 Å². The molecule has 108 valence electrons. The standard InChI is InChI=1S/C16H29N3/c1-2-14-9-17-15(12-3-4-12)10-19(14)16-11-18-7-5-13(16)6-8-18/h12-17H,2-11H2,1H3. The number of rotatable bonds is 3. The molecule has 19 heavy (non-hydrogen) atoms. The van der Waals surface area contributed by atoms with Gasteiger partial charge in [-0.05, 0) is 57.0 Å². The van der Waals surface area contributed by atoms with E-state index in [1.807, 2.05) is 0 Å². The van der Waals surface area contributed by atoms with E-state index in [0.717, 1.165) is 30.0 Å². The average molecular weight is 263 g/mol. The van der Waals surface area contributed by atoms with Crippen LogP contribution in [0.3, 0.4) is 0 Å². The molecule has 4 aliphatic heterocycles. The zero-order valence-electron chi connectivity index (χ0n) is 12.4. The van der Waals surface area contributed by atoms with Crippen LogP contribution in [-0.2, 0) is 0 Å². The van der Waals surface area contributed by atoms with Crippen LogP contribution < -0.4 is 5.32 Å². The molecule has 3 heteroatoms. The molecule has 1 aliphatic carbocycles. The van der Waals surface area contributed by atoms with E-state index in [1.54, 1.807) is 0 Å². The third-order valence-electron chi connectivity index (χ3n) is 6.20. The minimum Gasteiger partial charge on any atom is -0.311 e. The zero-order valence-corrected chi connectivity index (χ0v) is 12.4. The largest absolute Gasteiger partial charge is 0.311 e. The van der Waals surface area contributed by atoms with E-state index in [2.05, 4.69) is 22.0 Å². The Balaban J connectivity index is 1.49.